The molecule has 1 saturated heterocycles. The molecule has 5 heteroatoms. The van der Waals surface area contributed by atoms with Gasteiger partial charge in [0.15, 0.2) is 5.13 Å². The van der Waals surface area contributed by atoms with E-state index in [-0.39, 0.29) is 0 Å². The zero-order chi connectivity index (χ0) is 13.8. The highest BCUT2D eigenvalue weighted by molar-refractivity contribution is 7.15. The molecule has 1 aliphatic heterocycles. The van der Waals surface area contributed by atoms with Gasteiger partial charge in [-0.2, -0.15) is 0 Å². The summed E-state index contributed by atoms with van der Waals surface area (Å²) < 4.78 is 0. The number of nitrogens with zero attached hydrogens (tertiary/aromatic N) is 3. The number of thiazole rings is 1. The zero-order valence-corrected chi connectivity index (χ0v) is 13.3. The van der Waals surface area contributed by atoms with Crippen LogP contribution in [-0.2, 0) is 6.54 Å². The molecule has 1 fully saturated rings. The molecule has 2 atom stereocenters. The molecule has 2 unspecified atom stereocenters. The molecule has 19 heavy (non-hydrogen) atoms. The van der Waals surface area contributed by atoms with Crippen molar-refractivity contribution in [3.8, 4) is 0 Å². The van der Waals surface area contributed by atoms with Gasteiger partial charge in [0.1, 0.15) is 0 Å². The normalized spacial score (nSPS) is 23.5. The van der Waals surface area contributed by atoms with Crippen molar-refractivity contribution < 1.29 is 0 Å². The molecule has 2 rings (SSSR count). The van der Waals surface area contributed by atoms with Gasteiger partial charge in [-0.05, 0) is 33.0 Å². The van der Waals surface area contributed by atoms with Crippen molar-refractivity contribution in [3.63, 3.8) is 0 Å². The van der Waals surface area contributed by atoms with Gasteiger partial charge in [0.05, 0.1) is 0 Å². The molecule has 108 valence electrons. The minimum absolute atomic E-state index is 0.644. The fourth-order valence-electron chi connectivity index (χ4n) is 2.69. The van der Waals surface area contributed by atoms with Crippen LogP contribution in [0.2, 0.25) is 0 Å². The van der Waals surface area contributed by atoms with Crippen molar-refractivity contribution in [1.82, 2.24) is 15.2 Å². The van der Waals surface area contributed by atoms with Gasteiger partial charge in [0, 0.05) is 36.8 Å². The predicted octanol–water partition coefficient (Wildman–Crippen LogP) is 2.03. The maximum absolute atomic E-state index is 4.59. The summed E-state index contributed by atoms with van der Waals surface area (Å²) in [7, 11) is 4.35. The van der Waals surface area contributed by atoms with Crippen LogP contribution in [0.4, 0.5) is 5.13 Å². The molecule has 1 N–H and O–H groups in total. The molecule has 0 aromatic carbocycles. The Kier molecular flexibility index (Phi) is 5.19. The lowest BCUT2D eigenvalue weighted by Gasteiger charge is -2.22. The third-order valence-corrected chi connectivity index (χ3v) is 4.83. The van der Waals surface area contributed by atoms with Crippen molar-refractivity contribution in [2.75, 3.05) is 38.6 Å². The van der Waals surface area contributed by atoms with Crippen LogP contribution in [0.15, 0.2) is 6.20 Å². The Morgan fingerprint density at radius 3 is 2.89 bits per heavy atom. The minimum atomic E-state index is 0.644. The Bertz CT molecular complexity index is 391. The predicted molar refractivity (Wildman–Crippen MR) is 83.0 cm³/mol. The van der Waals surface area contributed by atoms with E-state index in [4.69, 9.17) is 0 Å². The highest BCUT2D eigenvalue weighted by Gasteiger charge is 2.32. The van der Waals surface area contributed by atoms with Crippen LogP contribution in [-0.4, -0.2) is 49.7 Å². The molecule has 0 radical (unpaired) electrons. The molecule has 0 amide bonds. The van der Waals surface area contributed by atoms with E-state index in [0.717, 1.165) is 26.2 Å². The molecule has 1 aromatic heterocycles. The first kappa shape index (κ1) is 14.8. The smallest absolute Gasteiger partial charge is 0.185 e. The zero-order valence-electron chi connectivity index (χ0n) is 12.5. The van der Waals surface area contributed by atoms with Crippen molar-refractivity contribution in [2.24, 2.45) is 5.92 Å². The van der Waals surface area contributed by atoms with Crippen molar-refractivity contribution >= 4 is 16.5 Å². The minimum Gasteiger partial charge on any atom is -0.346 e. The second-order valence-corrected chi connectivity index (χ2v) is 6.79. The monoisotopic (exact) mass is 282 g/mol. The first-order chi connectivity index (χ1) is 9.11. The average Bonchev–Trinajstić information content (AvgIpc) is 2.96. The summed E-state index contributed by atoms with van der Waals surface area (Å²) in [6, 6.07) is 0.644. The van der Waals surface area contributed by atoms with Gasteiger partial charge in [0.25, 0.3) is 0 Å². The summed E-state index contributed by atoms with van der Waals surface area (Å²) in [4.78, 5) is 10.7. The Morgan fingerprint density at radius 1 is 1.47 bits per heavy atom. The molecule has 0 saturated carbocycles. The fraction of sp³-hybridized carbons (Fsp3) is 0.786. The Balaban J connectivity index is 1.92. The summed E-state index contributed by atoms with van der Waals surface area (Å²) in [5.41, 5.74) is 0. The number of likely N-dealkylation sites (N-methyl/N-ethyl adjacent to an activating group) is 1. The second-order valence-electron chi connectivity index (χ2n) is 5.70. The lowest BCUT2D eigenvalue weighted by molar-refractivity contribution is 0.266. The van der Waals surface area contributed by atoms with Crippen LogP contribution >= 0.6 is 11.3 Å². The summed E-state index contributed by atoms with van der Waals surface area (Å²) in [6.45, 7) is 8.78. The van der Waals surface area contributed by atoms with E-state index in [9.17, 15) is 0 Å². The average molecular weight is 282 g/mol. The summed E-state index contributed by atoms with van der Waals surface area (Å²) in [6.07, 6.45) is 3.20. The first-order valence-electron chi connectivity index (χ1n) is 7.18. The standard InChI is InChI=1S/C14H26N4S/c1-5-6-15-7-12-8-16-14(19-12)18-9-11(2)13(10-18)17(3)4/h8,11,13,15H,5-7,9-10H2,1-4H3. The molecule has 1 aliphatic rings. The van der Waals surface area contributed by atoms with E-state index in [1.807, 2.05) is 17.5 Å². The van der Waals surface area contributed by atoms with Crippen LogP contribution < -0.4 is 10.2 Å². The van der Waals surface area contributed by atoms with E-state index in [2.05, 4.69) is 48.0 Å². The molecule has 4 nitrogen and oxygen atoms in total. The van der Waals surface area contributed by atoms with Gasteiger partial charge in [-0.25, -0.2) is 4.98 Å². The highest BCUT2D eigenvalue weighted by Crippen LogP contribution is 2.29. The van der Waals surface area contributed by atoms with Gasteiger partial charge in [-0.15, -0.1) is 11.3 Å². The molecule has 0 bridgehead atoms. The summed E-state index contributed by atoms with van der Waals surface area (Å²) in [5, 5.41) is 4.62. The third kappa shape index (κ3) is 3.68. The summed E-state index contributed by atoms with van der Waals surface area (Å²) in [5.74, 6) is 0.709. The highest BCUT2D eigenvalue weighted by atomic mass is 32.1. The van der Waals surface area contributed by atoms with Crippen LogP contribution in [0, 0.1) is 5.92 Å². The van der Waals surface area contributed by atoms with Gasteiger partial charge < -0.3 is 15.1 Å². The quantitative estimate of drug-likeness (QED) is 0.809. The molecule has 0 aliphatic carbocycles. The van der Waals surface area contributed by atoms with Crippen LogP contribution in [0.3, 0.4) is 0 Å². The van der Waals surface area contributed by atoms with Gasteiger partial charge in [-0.3, -0.25) is 0 Å². The number of anilines is 1. The Hall–Kier alpha value is -0.650. The third-order valence-electron chi connectivity index (χ3n) is 3.77. The number of aromatic nitrogens is 1. The van der Waals surface area contributed by atoms with Crippen LogP contribution in [0.25, 0.3) is 0 Å². The molecular formula is C14H26N4S. The van der Waals surface area contributed by atoms with E-state index >= 15 is 0 Å². The number of nitrogens with one attached hydrogen (secondary N) is 1. The van der Waals surface area contributed by atoms with Gasteiger partial charge >= 0.3 is 0 Å². The molecule has 1 aromatic rings. The summed E-state index contributed by atoms with van der Waals surface area (Å²) >= 11 is 1.83. The first-order valence-corrected chi connectivity index (χ1v) is 8.00. The molecular weight excluding hydrogens is 256 g/mol. The fourth-order valence-corrected chi connectivity index (χ4v) is 3.59. The molecule has 0 spiro atoms. The van der Waals surface area contributed by atoms with Crippen LogP contribution in [0.5, 0.6) is 0 Å². The van der Waals surface area contributed by atoms with Gasteiger partial charge in [0.2, 0.25) is 0 Å². The van der Waals surface area contributed by atoms with Crippen LogP contribution in [0.1, 0.15) is 25.1 Å². The van der Waals surface area contributed by atoms with Crippen molar-refractivity contribution in [1.29, 1.82) is 0 Å². The lowest BCUT2D eigenvalue weighted by Crippen LogP contribution is -2.34. The van der Waals surface area contributed by atoms with E-state index in [1.54, 1.807) is 0 Å². The van der Waals surface area contributed by atoms with Crippen molar-refractivity contribution in [3.05, 3.63) is 11.1 Å². The van der Waals surface area contributed by atoms with E-state index in [1.165, 1.54) is 16.4 Å². The number of hydrogen-bond acceptors (Lipinski definition) is 5. The maximum Gasteiger partial charge on any atom is 0.185 e. The van der Waals surface area contributed by atoms with Crippen molar-refractivity contribution in [2.45, 2.75) is 32.9 Å². The largest absolute Gasteiger partial charge is 0.346 e. The molecule has 2 heterocycles. The van der Waals surface area contributed by atoms with E-state index in [0.29, 0.717) is 12.0 Å². The van der Waals surface area contributed by atoms with Gasteiger partial charge in [-0.1, -0.05) is 13.8 Å². The Labute approximate surface area is 120 Å². The maximum atomic E-state index is 4.59. The number of hydrogen-bond donors (Lipinski definition) is 1. The lowest BCUT2D eigenvalue weighted by atomic mass is 10.1. The second kappa shape index (κ2) is 6.68. The Morgan fingerprint density at radius 2 is 2.26 bits per heavy atom. The number of rotatable bonds is 6. The SMILES string of the molecule is CCCNCc1cnc(N2CC(C)C(N(C)C)C2)s1. The topological polar surface area (TPSA) is 31.4 Å². The van der Waals surface area contributed by atoms with E-state index < -0.39 is 0 Å².